The summed E-state index contributed by atoms with van der Waals surface area (Å²) >= 11 is 0. The standard InChI is InChI=1S/C10H9F4N.ClH/c1-2-8(15)6-4-3-5-7(11)9(6)10(12,13)14;/h2-5,8H,1,15H2;1H/t8-;/m0./s1. The third kappa shape index (κ3) is 2.96. The number of rotatable bonds is 2. The molecule has 0 aliphatic rings. The molecule has 0 bridgehead atoms. The van der Waals surface area contributed by atoms with E-state index in [4.69, 9.17) is 5.73 Å². The van der Waals surface area contributed by atoms with E-state index < -0.39 is 23.6 Å². The second-order valence-electron chi connectivity index (χ2n) is 2.96. The summed E-state index contributed by atoms with van der Waals surface area (Å²) in [6.07, 6.45) is -3.62. The first kappa shape index (κ1) is 14.9. The van der Waals surface area contributed by atoms with Gasteiger partial charge in [0.05, 0.1) is 5.56 Å². The number of alkyl halides is 3. The Morgan fingerprint density at radius 1 is 1.31 bits per heavy atom. The number of benzene rings is 1. The van der Waals surface area contributed by atoms with Gasteiger partial charge in [0, 0.05) is 6.04 Å². The zero-order chi connectivity index (χ0) is 11.6. The molecule has 1 aromatic rings. The molecule has 0 unspecified atom stereocenters. The predicted octanol–water partition coefficient (Wildman–Crippen LogP) is 3.45. The van der Waals surface area contributed by atoms with Gasteiger partial charge >= 0.3 is 6.18 Å². The van der Waals surface area contributed by atoms with Crippen molar-refractivity contribution in [3.63, 3.8) is 0 Å². The second-order valence-corrected chi connectivity index (χ2v) is 2.96. The topological polar surface area (TPSA) is 26.0 Å². The van der Waals surface area contributed by atoms with Crippen LogP contribution >= 0.6 is 12.4 Å². The van der Waals surface area contributed by atoms with Crippen molar-refractivity contribution in [3.8, 4) is 0 Å². The molecule has 0 saturated carbocycles. The molecule has 90 valence electrons. The molecule has 6 heteroatoms. The van der Waals surface area contributed by atoms with Gasteiger partial charge in [-0.15, -0.1) is 19.0 Å². The molecule has 2 N–H and O–H groups in total. The van der Waals surface area contributed by atoms with Crippen molar-refractivity contribution in [1.29, 1.82) is 0 Å². The van der Waals surface area contributed by atoms with Gasteiger partial charge in [-0.05, 0) is 11.6 Å². The van der Waals surface area contributed by atoms with Crippen LogP contribution in [0, 0.1) is 5.82 Å². The van der Waals surface area contributed by atoms with Crippen LogP contribution in [-0.2, 0) is 6.18 Å². The fourth-order valence-corrected chi connectivity index (χ4v) is 1.24. The van der Waals surface area contributed by atoms with E-state index in [1.54, 1.807) is 0 Å². The maximum absolute atomic E-state index is 13.0. The summed E-state index contributed by atoms with van der Waals surface area (Å²) in [6.45, 7) is 3.28. The summed E-state index contributed by atoms with van der Waals surface area (Å²) in [5.41, 5.74) is 3.75. The van der Waals surface area contributed by atoms with E-state index in [2.05, 4.69) is 6.58 Å². The van der Waals surface area contributed by atoms with Crippen LogP contribution in [0.2, 0.25) is 0 Å². The van der Waals surface area contributed by atoms with E-state index in [0.29, 0.717) is 0 Å². The van der Waals surface area contributed by atoms with Gasteiger partial charge in [0.1, 0.15) is 5.82 Å². The Morgan fingerprint density at radius 3 is 2.31 bits per heavy atom. The summed E-state index contributed by atoms with van der Waals surface area (Å²) in [5, 5.41) is 0. The van der Waals surface area contributed by atoms with Gasteiger partial charge in [-0.2, -0.15) is 13.2 Å². The minimum atomic E-state index is -4.75. The molecule has 0 aliphatic heterocycles. The highest BCUT2D eigenvalue weighted by Gasteiger charge is 2.37. The molecule has 0 spiro atoms. The molecule has 1 aromatic carbocycles. The minimum Gasteiger partial charge on any atom is -0.321 e. The number of hydrogen-bond donors (Lipinski definition) is 1. The molecule has 0 fully saturated rings. The third-order valence-electron chi connectivity index (χ3n) is 1.94. The summed E-state index contributed by atoms with van der Waals surface area (Å²) < 4.78 is 50.5. The molecule has 0 radical (unpaired) electrons. The SMILES string of the molecule is C=C[C@H](N)c1cccc(F)c1C(F)(F)F.Cl. The first-order chi connectivity index (χ1) is 6.88. The summed E-state index contributed by atoms with van der Waals surface area (Å²) in [6, 6.07) is 2.04. The highest BCUT2D eigenvalue weighted by molar-refractivity contribution is 5.85. The van der Waals surface area contributed by atoms with Gasteiger partial charge in [0.15, 0.2) is 0 Å². The molecular formula is C10H10ClF4N. The maximum Gasteiger partial charge on any atom is 0.419 e. The molecule has 0 aliphatic carbocycles. The summed E-state index contributed by atoms with van der Waals surface area (Å²) in [7, 11) is 0. The lowest BCUT2D eigenvalue weighted by Gasteiger charge is -2.16. The van der Waals surface area contributed by atoms with Crippen molar-refractivity contribution in [2.24, 2.45) is 5.73 Å². The van der Waals surface area contributed by atoms with Crippen molar-refractivity contribution in [2.45, 2.75) is 12.2 Å². The van der Waals surface area contributed by atoms with Gasteiger partial charge in [0.25, 0.3) is 0 Å². The van der Waals surface area contributed by atoms with Crippen molar-refractivity contribution in [2.75, 3.05) is 0 Å². The molecule has 0 heterocycles. The van der Waals surface area contributed by atoms with Crippen LogP contribution in [0.1, 0.15) is 17.2 Å². The van der Waals surface area contributed by atoms with Crippen molar-refractivity contribution in [3.05, 3.63) is 47.8 Å². The molecular weight excluding hydrogens is 246 g/mol. The fraction of sp³-hybridized carbons (Fsp3) is 0.200. The lowest BCUT2D eigenvalue weighted by atomic mass is 10.00. The van der Waals surface area contributed by atoms with Crippen LogP contribution in [0.4, 0.5) is 17.6 Å². The van der Waals surface area contributed by atoms with Gasteiger partial charge in [-0.1, -0.05) is 18.2 Å². The second kappa shape index (κ2) is 5.32. The van der Waals surface area contributed by atoms with Gasteiger partial charge < -0.3 is 5.73 Å². The lowest BCUT2D eigenvalue weighted by Crippen LogP contribution is -2.17. The Kier molecular flexibility index (Phi) is 4.96. The highest BCUT2D eigenvalue weighted by atomic mass is 35.5. The van der Waals surface area contributed by atoms with E-state index in [9.17, 15) is 17.6 Å². The lowest BCUT2D eigenvalue weighted by molar-refractivity contribution is -0.140. The van der Waals surface area contributed by atoms with E-state index >= 15 is 0 Å². The van der Waals surface area contributed by atoms with Crippen molar-refractivity contribution in [1.82, 2.24) is 0 Å². The van der Waals surface area contributed by atoms with E-state index in [1.807, 2.05) is 0 Å². The van der Waals surface area contributed by atoms with Gasteiger partial charge in [-0.25, -0.2) is 4.39 Å². The van der Waals surface area contributed by atoms with Crippen LogP contribution in [0.5, 0.6) is 0 Å². The molecule has 0 saturated heterocycles. The predicted molar refractivity (Wildman–Crippen MR) is 55.8 cm³/mol. The average Bonchev–Trinajstić information content (AvgIpc) is 2.14. The van der Waals surface area contributed by atoms with E-state index in [1.165, 1.54) is 6.07 Å². The quantitative estimate of drug-likeness (QED) is 0.636. The normalized spacial score (nSPS) is 12.8. The van der Waals surface area contributed by atoms with Crippen LogP contribution in [0.3, 0.4) is 0 Å². The number of halogens is 5. The molecule has 1 rings (SSSR count). The molecule has 1 nitrogen and oxygen atoms in total. The Bertz CT molecular complexity index is 376. The Balaban J connectivity index is 0.00000225. The van der Waals surface area contributed by atoms with Crippen molar-refractivity contribution >= 4 is 12.4 Å². The first-order valence-corrected chi connectivity index (χ1v) is 4.11. The van der Waals surface area contributed by atoms with E-state index in [-0.39, 0.29) is 18.0 Å². The van der Waals surface area contributed by atoms with E-state index in [0.717, 1.165) is 18.2 Å². The highest BCUT2D eigenvalue weighted by Crippen LogP contribution is 2.36. The fourth-order valence-electron chi connectivity index (χ4n) is 1.24. The summed E-state index contributed by atoms with van der Waals surface area (Å²) in [4.78, 5) is 0. The maximum atomic E-state index is 13.0. The molecule has 0 aromatic heterocycles. The Morgan fingerprint density at radius 2 is 1.88 bits per heavy atom. The van der Waals surface area contributed by atoms with Crippen LogP contribution in [-0.4, -0.2) is 0 Å². The zero-order valence-electron chi connectivity index (χ0n) is 8.09. The van der Waals surface area contributed by atoms with Crippen molar-refractivity contribution < 1.29 is 17.6 Å². The monoisotopic (exact) mass is 255 g/mol. The largest absolute Gasteiger partial charge is 0.419 e. The van der Waals surface area contributed by atoms with Gasteiger partial charge in [-0.3, -0.25) is 0 Å². The summed E-state index contributed by atoms with van der Waals surface area (Å²) in [5.74, 6) is -1.32. The Labute approximate surface area is 96.4 Å². The molecule has 16 heavy (non-hydrogen) atoms. The molecule has 1 atom stereocenters. The van der Waals surface area contributed by atoms with Crippen LogP contribution < -0.4 is 5.73 Å². The average molecular weight is 256 g/mol. The van der Waals surface area contributed by atoms with Gasteiger partial charge in [0.2, 0.25) is 0 Å². The zero-order valence-corrected chi connectivity index (χ0v) is 8.91. The first-order valence-electron chi connectivity index (χ1n) is 4.11. The van der Waals surface area contributed by atoms with Crippen LogP contribution in [0.25, 0.3) is 0 Å². The smallest absolute Gasteiger partial charge is 0.321 e. The minimum absolute atomic E-state index is 0. The van der Waals surface area contributed by atoms with Crippen LogP contribution in [0.15, 0.2) is 30.9 Å². The Hall–Kier alpha value is -1.07. The number of hydrogen-bond acceptors (Lipinski definition) is 1. The number of nitrogens with two attached hydrogens (primary N) is 1. The molecule has 0 amide bonds. The third-order valence-corrected chi connectivity index (χ3v) is 1.94.